The standard InChI is InChI=1S/C33H34N2O7S3/c1-4-24(20-32-35(15-8-11-33(35)45(39,40)41)28-17-22(2)23(3)18-30(28)43-32)19-31-34(14-16-44(36,37)38)27-21-26(12-13-29(27)42-31)25-9-6-5-7-10-25/h5-7,9-10,12-13,17-21,33H,4,8,11,14-16H2,1-3H3/p+1. The van der Waals surface area contributed by atoms with Crippen molar-refractivity contribution in [1.82, 2.24) is 4.48 Å². The van der Waals surface area contributed by atoms with Gasteiger partial charge < -0.3 is 8.97 Å². The fourth-order valence-electron chi connectivity index (χ4n) is 6.42. The largest absolute Gasteiger partial charge is 0.748 e. The first-order chi connectivity index (χ1) is 21.3. The van der Waals surface area contributed by atoms with Crippen LogP contribution < -0.4 is 9.05 Å². The molecule has 1 saturated heterocycles. The van der Waals surface area contributed by atoms with Crippen LogP contribution in [0.1, 0.15) is 43.2 Å². The van der Waals surface area contributed by atoms with Crippen LogP contribution in [0, 0.1) is 13.8 Å². The quantitative estimate of drug-likeness (QED) is 0.132. The predicted molar refractivity (Wildman–Crippen MR) is 176 cm³/mol. The summed E-state index contributed by atoms with van der Waals surface area (Å²) in [4.78, 5) is 0.961. The number of hydrogen-bond donors (Lipinski definition) is 1. The number of rotatable bonds is 8. The summed E-state index contributed by atoms with van der Waals surface area (Å²) in [5.41, 5.74) is 6.92. The zero-order valence-electron chi connectivity index (χ0n) is 25.3. The lowest BCUT2D eigenvalue weighted by Crippen LogP contribution is -2.53. The third kappa shape index (κ3) is 6.02. The molecule has 4 aromatic rings. The number of thioether (sulfide) groups is 1. The highest BCUT2D eigenvalue weighted by Gasteiger charge is 2.58. The lowest BCUT2D eigenvalue weighted by Gasteiger charge is -2.34. The third-order valence-corrected chi connectivity index (χ3v) is 12.0. The first kappa shape index (κ1) is 31.7. The molecule has 2 aliphatic rings. The van der Waals surface area contributed by atoms with Crippen LogP contribution in [0.5, 0.6) is 0 Å². The smallest absolute Gasteiger partial charge is 0.374 e. The Bertz CT molecular complexity index is 2090. The summed E-state index contributed by atoms with van der Waals surface area (Å²) in [6.45, 7) is 6.43. The minimum Gasteiger partial charge on any atom is -0.748 e. The molecule has 1 aromatic heterocycles. The van der Waals surface area contributed by atoms with E-state index in [9.17, 15) is 25.9 Å². The fourth-order valence-corrected chi connectivity index (χ4v) is 9.63. The van der Waals surface area contributed by atoms with E-state index in [4.69, 9.17) is 4.42 Å². The average Bonchev–Trinajstić information content (AvgIpc) is 3.66. The number of benzene rings is 3. The van der Waals surface area contributed by atoms with Gasteiger partial charge in [-0.1, -0.05) is 43.3 Å². The van der Waals surface area contributed by atoms with E-state index in [0.29, 0.717) is 42.8 Å². The van der Waals surface area contributed by atoms with Crippen LogP contribution in [0.15, 0.2) is 86.7 Å². The monoisotopic (exact) mass is 667 g/mol. The van der Waals surface area contributed by atoms with Crippen LogP contribution in [0.4, 0.5) is 5.69 Å². The molecular weight excluding hydrogens is 633 g/mol. The Morgan fingerprint density at radius 1 is 1.07 bits per heavy atom. The van der Waals surface area contributed by atoms with Gasteiger partial charge >= 0.3 is 16.0 Å². The van der Waals surface area contributed by atoms with Crippen molar-refractivity contribution < 1.29 is 34.9 Å². The summed E-state index contributed by atoms with van der Waals surface area (Å²) in [5.74, 6) is -0.232. The van der Waals surface area contributed by atoms with Crippen LogP contribution in [0.25, 0.3) is 28.3 Å². The van der Waals surface area contributed by atoms with Crippen molar-refractivity contribution in [2.24, 2.45) is 0 Å². The van der Waals surface area contributed by atoms with Gasteiger partial charge in [-0.05, 0) is 72.0 Å². The Morgan fingerprint density at radius 2 is 1.80 bits per heavy atom. The van der Waals surface area contributed by atoms with Crippen molar-refractivity contribution in [2.75, 3.05) is 12.3 Å². The van der Waals surface area contributed by atoms with Crippen molar-refractivity contribution >= 4 is 54.9 Å². The van der Waals surface area contributed by atoms with E-state index in [1.807, 2.05) is 87.5 Å². The average molecular weight is 668 g/mol. The van der Waals surface area contributed by atoms with Gasteiger partial charge in [-0.15, -0.1) is 0 Å². The normalized spacial score (nSPS) is 21.3. The van der Waals surface area contributed by atoms with Gasteiger partial charge in [0.25, 0.3) is 5.52 Å². The van der Waals surface area contributed by atoms with Gasteiger partial charge in [0.2, 0.25) is 11.0 Å². The van der Waals surface area contributed by atoms with Gasteiger partial charge in [-0.25, -0.2) is 12.9 Å². The highest BCUT2D eigenvalue weighted by Crippen LogP contribution is 2.57. The molecular formula is C33H35N2O7S3+. The topological polar surface area (TPSA) is 129 Å². The number of allylic oxidation sites excluding steroid dienone is 2. The highest BCUT2D eigenvalue weighted by molar-refractivity contribution is 8.03. The van der Waals surface area contributed by atoms with Gasteiger partial charge in [0.1, 0.15) is 10.1 Å². The van der Waals surface area contributed by atoms with E-state index in [-0.39, 0.29) is 11.0 Å². The summed E-state index contributed by atoms with van der Waals surface area (Å²) < 4.78 is 79.0. The molecule has 1 spiro atoms. The molecule has 0 amide bonds. The van der Waals surface area contributed by atoms with Crippen molar-refractivity contribution in [3.63, 3.8) is 0 Å². The lowest BCUT2D eigenvalue weighted by atomic mass is 10.1. The zero-order chi connectivity index (χ0) is 32.1. The predicted octanol–water partition coefficient (Wildman–Crippen LogP) is 6.31. The first-order valence-corrected chi connectivity index (χ1v) is 18.7. The molecule has 236 valence electrons. The van der Waals surface area contributed by atoms with Crippen LogP contribution in [-0.4, -0.2) is 43.6 Å². The molecule has 6 rings (SSSR count). The Kier molecular flexibility index (Phi) is 8.34. The fraction of sp³-hybridized carbons (Fsp3) is 0.303. The third-order valence-electron chi connectivity index (χ3n) is 8.84. The van der Waals surface area contributed by atoms with Crippen LogP contribution in [0.2, 0.25) is 0 Å². The molecule has 0 bridgehead atoms. The summed E-state index contributed by atoms with van der Waals surface area (Å²) in [5, 5.41) is -0.230. The number of aromatic nitrogens is 1. The van der Waals surface area contributed by atoms with Gasteiger partial charge in [0.15, 0.2) is 17.3 Å². The number of hydrogen-bond acceptors (Lipinski definition) is 7. The Hall–Kier alpha value is -3.26. The summed E-state index contributed by atoms with van der Waals surface area (Å²) in [7, 11) is -8.88. The van der Waals surface area contributed by atoms with Gasteiger partial charge in [-0.2, -0.15) is 13.0 Å². The SMILES string of the molecule is CCC(=Cc1oc2ccc(-c3ccccc3)cc2[n+]1CCS(=O)(=O)[O-])C=C1Sc2cc(C)c(C)cc2[N+]12CCCC2S(=O)(=O)O. The first-order valence-electron chi connectivity index (χ1n) is 14.8. The Balaban J connectivity index is 1.50. The van der Waals surface area contributed by atoms with Crippen molar-refractivity contribution in [3.05, 3.63) is 94.4 Å². The van der Waals surface area contributed by atoms with Crippen LogP contribution >= 0.6 is 11.8 Å². The Morgan fingerprint density at radius 3 is 2.49 bits per heavy atom. The number of oxazole rings is 1. The maximum Gasteiger partial charge on any atom is 0.374 e. The maximum atomic E-state index is 12.8. The number of quaternary nitrogens is 1. The second-order valence-electron chi connectivity index (χ2n) is 11.7. The van der Waals surface area contributed by atoms with E-state index >= 15 is 0 Å². The second-order valence-corrected chi connectivity index (χ2v) is 15.8. The van der Waals surface area contributed by atoms with Crippen molar-refractivity contribution in [1.29, 1.82) is 0 Å². The number of aryl methyl sites for hydroxylation is 3. The molecule has 9 nitrogen and oxygen atoms in total. The molecule has 1 fully saturated rings. The Labute approximate surface area is 268 Å². The molecule has 2 aliphatic heterocycles. The minimum atomic E-state index is -4.51. The summed E-state index contributed by atoms with van der Waals surface area (Å²) >= 11 is 1.51. The van der Waals surface area contributed by atoms with Gasteiger partial charge in [-0.3, -0.25) is 4.55 Å². The molecule has 0 radical (unpaired) electrons. The van der Waals surface area contributed by atoms with E-state index in [1.165, 1.54) is 11.8 Å². The van der Waals surface area contributed by atoms with Gasteiger partial charge in [0.05, 0.1) is 23.3 Å². The molecule has 3 aromatic carbocycles. The molecule has 1 N–H and O–H groups in total. The van der Waals surface area contributed by atoms with E-state index in [2.05, 4.69) is 6.07 Å². The molecule has 12 heteroatoms. The second kappa shape index (κ2) is 11.8. The molecule has 2 unspecified atom stereocenters. The number of nitrogens with zero attached hydrogens (tertiary/aromatic N) is 2. The highest BCUT2D eigenvalue weighted by atomic mass is 32.2. The molecule has 0 saturated carbocycles. The lowest BCUT2D eigenvalue weighted by molar-refractivity contribution is -0.673. The van der Waals surface area contributed by atoms with E-state index in [1.54, 1.807) is 4.57 Å². The summed E-state index contributed by atoms with van der Waals surface area (Å²) in [6, 6.07) is 19.6. The zero-order valence-corrected chi connectivity index (χ0v) is 27.7. The molecule has 2 atom stereocenters. The van der Waals surface area contributed by atoms with Crippen LogP contribution in [-0.2, 0) is 26.8 Å². The molecule has 3 heterocycles. The summed E-state index contributed by atoms with van der Waals surface area (Å²) in [6.07, 6.45) is 5.32. The van der Waals surface area contributed by atoms with E-state index in [0.717, 1.165) is 43.4 Å². The number of fused-ring (bicyclic) bond motifs is 3. The van der Waals surface area contributed by atoms with E-state index < -0.39 is 31.4 Å². The van der Waals surface area contributed by atoms with Crippen molar-refractivity contribution in [3.8, 4) is 11.1 Å². The van der Waals surface area contributed by atoms with Crippen molar-refractivity contribution in [2.45, 2.75) is 56.8 Å². The van der Waals surface area contributed by atoms with Crippen LogP contribution in [0.3, 0.4) is 0 Å². The molecule has 0 aliphatic carbocycles. The van der Waals surface area contributed by atoms with Gasteiger partial charge in [0, 0.05) is 31.1 Å². The minimum absolute atomic E-state index is 0.0340. The molecule has 45 heavy (non-hydrogen) atoms. The maximum absolute atomic E-state index is 12.8.